The van der Waals surface area contributed by atoms with Crippen molar-refractivity contribution in [2.24, 2.45) is 0 Å². The van der Waals surface area contributed by atoms with Crippen molar-refractivity contribution in [2.45, 2.75) is 25.8 Å². The second-order valence-electron chi connectivity index (χ2n) is 7.25. The van der Waals surface area contributed by atoms with Gasteiger partial charge < -0.3 is 15.4 Å². The molecular formula is C23H20ClN3O3S. The Morgan fingerprint density at radius 2 is 1.97 bits per heavy atom. The van der Waals surface area contributed by atoms with Crippen LogP contribution in [-0.2, 0) is 22.4 Å². The van der Waals surface area contributed by atoms with Crippen LogP contribution in [0.2, 0.25) is 5.02 Å². The van der Waals surface area contributed by atoms with Gasteiger partial charge in [0.1, 0.15) is 11.0 Å². The minimum absolute atomic E-state index is 0.0290. The predicted molar refractivity (Wildman–Crippen MR) is 123 cm³/mol. The molecule has 4 aromatic rings. The van der Waals surface area contributed by atoms with Gasteiger partial charge in [-0.15, -0.1) is 11.3 Å². The Labute approximate surface area is 187 Å². The topological polar surface area (TPSA) is 95.1 Å². The Hall–Kier alpha value is -3.16. The van der Waals surface area contributed by atoms with E-state index < -0.39 is 12.0 Å². The second kappa shape index (κ2) is 8.91. The van der Waals surface area contributed by atoms with E-state index in [1.54, 1.807) is 12.1 Å². The number of aromatic amines is 1. The predicted octanol–water partition coefficient (Wildman–Crippen LogP) is 4.61. The van der Waals surface area contributed by atoms with Crippen molar-refractivity contribution in [3.8, 4) is 10.6 Å². The van der Waals surface area contributed by atoms with E-state index in [1.165, 1.54) is 11.3 Å². The summed E-state index contributed by atoms with van der Waals surface area (Å²) in [6.07, 6.45) is 0.167. The lowest BCUT2D eigenvalue weighted by atomic mass is 10.1. The summed E-state index contributed by atoms with van der Waals surface area (Å²) in [4.78, 5) is 33.0. The van der Waals surface area contributed by atoms with Gasteiger partial charge in [-0.25, -0.2) is 9.78 Å². The number of fused-ring (bicyclic) bond motifs is 1. The van der Waals surface area contributed by atoms with Gasteiger partial charge in [0.15, 0.2) is 0 Å². The number of hydrogen-bond donors (Lipinski definition) is 3. The monoisotopic (exact) mass is 453 g/mol. The average molecular weight is 454 g/mol. The first-order valence-corrected chi connectivity index (χ1v) is 10.9. The van der Waals surface area contributed by atoms with Gasteiger partial charge in [-0.3, -0.25) is 4.79 Å². The molecule has 0 spiro atoms. The van der Waals surface area contributed by atoms with Crippen LogP contribution < -0.4 is 5.32 Å². The number of aromatic nitrogens is 2. The van der Waals surface area contributed by atoms with Crippen LogP contribution >= 0.6 is 22.9 Å². The highest BCUT2D eigenvalue weighted by Crippen LogP contribution is 2.27. The minimum Gasteiger partial charge on any atom is -0.480 e. The number of benzene rings is 2. The molecule has 0 bridgehead atoms. The summed E-state index contributed by atoms with van der Waals surface area (Å²) in [5.74, 6) is -1.47. The lowest BCUT2D eigenvalue weighted by molar-refractivity contribution is -0.141. The molecule has 31 heavy (non-hydrogen) atoms. The number of carboxylic acid groups (broad SMARTS) is 1. The Kier molecular flexibility index (Phi) is 6.06. The summed E-state index contributed by atoms with van der Waals surface area (Å²) in [5.41, 5.74) is 3.22. The molecule has 0 fully saturated rings. The zero-order valence-electron chi connectivity index (χ0n) is 16.7. The van der Waals surface area contributed by atoms with E-state index in [9.17, 15) is 14.7 Å². The second-order valence-corrected chi connectivity index (χ2v) is 8.89. The quantitative estimate of drug-likeness (QED) is 0.381. The van der Waals surface area contributed by atoms with E-state index in [-0.39, 0.29) is 18.7 Å². The maximum atomic E-state index is 12.6. The molecule has 4 rings (SSSR count). The number of carbonyl (C=O) groups is 2. The zero-order valence-corrected chi connectivity index (χ0v) is 18.3. The third-order valence-corrected chi connectivity index (χ3v) is 6.23. The average Bonchev–Trinajstić information content (AvgIpc) is 3.30. The Morgan fingerprint density at radius 1 is 1.19 bits per heavy atom. The molecule has 8 heteroatoms. The number of hydrogen-bond acceptors (Lipinski definition) is 4. The van der Waals surface area contributed by atoms with Crippen LogP contribution in [0.15, 0.2) is 54.6 Å². The maximum absolute atomic E-state index is 12.6. The number of carbonyl (C=O) groups excluding carboxylic acids is 1. The van der Waals surface area contributed by atoms with Crippen molar-refractivity contribution in [3.63, 3.8) is 0 Å². The van der Waals surface area contributed by atoms with Crippen LogP contribution in [0.25, 0.3) is 21.5 Å². The number of aryl methyl sites for hydroxylation is 1. The van der Waals surface area contributed by atoms with Crippen molar-refractivity contribution in [3.05, 3.63) is 75.9 Å². The van der Waals surface area contributed by atoms with Crippen LogP contribution in [0.1, 0.15) is 16.3 Å². The Morgan fingerprint density at radius 3 is 2.71 bits per heavy atom. The molecule has 0 unspecified atom stereocenters. The smallest absolute Gasteiger partial charge is 0.326 e. The fourth-order valence-corrected chi connectivity index (χ4v) is 4.50. The van der Waals surface area contributed by atoms with Gasteiger partial charge in [0.05, 0.1) is 12.1 Å². The van der Waals surface area contributed by atoms with E-state index in [1.807, 2.05) is 49.4 Å². The van der Waals surface area contributed by atoms with E-state index in [0.29, 0.717) is 16.4 Å². The van der Waals surface area contributed by atoms with Crippen LogP contribution in [0.3, 0.4) is 0 Å². The maximum Gasteiger partial charge on any atom is 0.326 e. The van der Waals surface area contributed by atoms with Crippen molar-refractivity contribution >= 4 is 45.7 Å². The largest absolute Gasteiger partial charge is 0.480 e. The number of nitrogens with one attached hydrogen (secondary N) is 2. The molecule has 1 atom stereocenters. The summed E-state index contributed by atoms with van der Waals surface area (Å²) < 4.78 is 0. The fourth-order valence-electron chi connectivity index (χ4n) is 3.39. The molecule has 1 amide bonds. The summed E-state index contributed by atoms with van der Waals surface area (Å²) in [5, 5.41) is 14.6. The number of H-pyrrole nitrogens is 1. The van der Waals surface area contributed by atoms with E-state index in [4.69, 9.17) is 11.6 Å². The molecule has 0 saturated heterocycles. The molecule has 0 aliphatic heterocycles. The molecule has 6 nitrogen and oxygen atoms in total. The highest BCUT2D eigenvalue weighted by atomic mass is 35.5. The molecule has 2 aromatic heterocycles. The lowest BCUT2D eigenvalue weighted by Gasteiger charge is -2.13. The van der Waals surface area contributed by atoms with E-state index in [2.05, 4.69) is 15.3 Å². The molecule has 2 aromatic carbocycles. The van der Waals surface area contributed by atoms with Crippen molar-refractivity contribution in [1.29, 1.82) is 0 Å². The van der Waals surface area contributed by atoms with Crippen LogP contribution in [0.4, 0.5) is 0 Å². The van der Waals surface area contributed by atoms with Gasteiger partial charge in [-0.1, -0.05) is 41.9 Å². The number of carboxylic acids is 1. The van der Waals surface area contributed by atoms with Crippen LogP contribution in [-0.4, -0.2) is 33.0 Å². The number of nitrogens with zero attached hydrogens (tertiary/aromatic N) is 1. The molecule has 3 N–H and O–H groups in total. The number of halogens is 1. The van der Waals surface area contributed by atoms with Crippen molar-refractivity contribution in [1.82, 2.24) is 15.3 Å². The lowest BCUT2D eigenvalue weighted by Crippen LogP contribution is -2.43. The first-order chi connectivity index (χ1) is 14.9. The van der Waals surface area contributed by atoms with E-state index in [0.717, 1.165) is 26.4 Å². The van der Waals surface area contributed by atoms with E-state index >= 15 is 0 Å². The number of rotatable bonds is 7. The molecule has 0 aliphatic rings. The molecule has 0 aliphatic carbocycles. The number of thiazole rings is 1. The van der Waals surface area contributed by atoms with Gasteiger partial charge in [0, 0.05) is 38.5 Å². The summed E-state index contributed by atoms with van der Waals surface area (Å²) in [6, 6.07) is 16.0. The molecule has 158 valence electrons. The standard InChI is InChI=1S/C23H20ClN3O3S/c1-13-19(27-22(31-13)14-5-3-2-4-6-14)12-21(28)26-20(23(29)30)11-17-10-15-9-16(24)7-8-18(15)25-17/h2-10,20,25H,11-12H2,1H3,(H,26,28)(H,29,30)/t20-/m1/s1. The van der Waals surface area contributed by atoms with Crippen molar-refractivity contribution in [2.75, 3.05) is 0 Å². The SMILES string of the molecule is Cc1sc(-c2ccccc2)nc1CC(=O)N[C@H](Cc1cc2cc(Cl)ccc2[nH]1)C(=O)O. The molecule has 0 saturated carbocycles. The first kappa shape index (κ1) is 21.1. The summed E-state index contributed by atoms with van der Waals surface area (Å²) >= 11 is 7.53. The third kappa shape index (κ3) is 4.95. The molecular weight excluding hydrogens is 434 g/mol. The summed E-state index contributed by atoms with van der Waals surface area (Å²) in [7, 11) is 0. The highest BCUT2D eigenvalue weighted by Gasteiger charge is 2.22. The summed E-state index contributed by atoms with van der Waals surface area (Å²) in [6.45, 7) is 1.91. The normalized spacial score (nSPS) is 12.1. The first-order valence-electron chi connectivity index (χ1n) is 9.70. The Bertz CT molecular complexity index is 1250. The van der Waals surface area contributed by atoms with Crippen LogP contribution in [0.5, 0.6) is 0 Å². The van der Waals surface area contributed by atoms with Gasteiger partial charge in [-0.2, -0.15) is 0 Å². The van der Waals surface area contributed by atoms with Gasteiger partial charge in [0.25, 0.3) is 0 Å². The van der Waals surface area contributed by atoms with Gasteiger partial charge >= 0.3 is 5.97 Å². The van der Waals surface area contributed by atoms with Gasteiger partial charge in [-0.05, 0) is 31.2 Å². The molecule has 0 radical (unpaired) electrons. The Balaban J connectivity index is 1.45. The van der Waals surface area contributed by atoms with Crippen molar-refractivity contribution < 1.29 is 14.7 Å². The number of amides is 1. The van der Waals surface area contributed by atoms with Gasteiger partial charge in [0.2, 0.25) is 5.91 Å². The molecule has 2 heterocycles. The number of aliphatic carboxylic acids is 1. The minimum atomic E-state index is -1.09. The fraction of sp³-hybridized carbons (Fsp3) is 0.174. The third-order valence-electron chi connectivity index (χ3n) is 4.94. The van der Waals surface area contributed by atoms with Crippen LogP contribution in [0, 0.1) is 6.92 Å². The zero-order chi connectivity index (χ0) is 22.0. The highest BCUT2D eigenvalue weighted by molar-refractivity contribution is 7.15.